The van der Waals surface area contributed by atoms with Crippen molar-refractivity contribution < 1.29 is 0 Å². The van der Waals surface area contributed by atoms with E-state index in [0.29, 0.717) is 5.03 Å². The molecular formula is C10H12ClN. The number of hydrogen-bond acceptors (Lipinski definition) is 1. The lowest BCUT2D eigenvalue weighted by molar-refractivity contribution is 1.13. The Morgan fingerprint density at radius 1 is 1.25 bits per heavy atom. The van der Waals surface area contributed by atoms with Crippen LogP contribution in [0.2, 0.25) is 0 Å². The summed E-state index contributed by atoms with van der Waals surface area (Å²) in [5.74, 6) is 0. The molecule has 64 valence electrons. The van der Waals surface area contributed by atoms with E-state index in [1.807, 2.05) is 43.3 Å². The van der Waals surface area contributed by atoms with Gasteiger partial charge >= 0.3 is 0 Å². The number of benzene rings is 1. The largest absolute Gasteiger partial charge is 0.378 e. The summed E-state index contributed by atoms with van der Waals surface area (Å²) in [5.41, 5.74) is 2.14. The van der Waals surface area contributed by atoms with Crippen LogP contribution in [0, 0.1) is 0 Å². The monoisotopic (exact) mass is 181 g/mol. The summed E-state index contributed by atoms with van der Waals surface area (Å²) in [4.78, 5) is 2.04. The normalized spacial score (nSPS) is 9.58. The molecule has 0 bridgehead atoms. The maximum atomic E-state index is 5.73. The SMILES string of the molecule is C=C(Cl)c1ccc(N(C)C)cc1. The molecule has 0 spiro atoms. The summed E-state index contributed by atoms with van der Waals surface area (Å²) >= 11 is 5.73. The van der Waals surface area contributed by atoms with Crippen LogP contribution < -0.4 is 4.90 Å². The van der Waals surface area contributed by atoms with Gasteiger partial charge in [-0.05, 0) is 17.7 Å². The molecule has 0 N–H and O–H groups in total. The lowest BCUT2D eigenvalue weighted by Gasteiger charge is -2.12. The minimum atomic E-state index is 0.584. The van der Waals surface area contributed by atoms with Gasteiger partial charge in [0.25, 0.3) is 0 Å². The van der Waals surface area contributed by atoms with Gasteiger partial charge in [-0.15, -0.1) is 0 Å². The third-order valence-corrected chi connectivity index (χ3v) is 1.92. The van der Waals surface area contributed by atoms with Crippen LogP contribution in [0.4, 0.5) is 5.69 Å². The highest BCUT2D eigenvalue weighted by molar-refractivity contribution is 6.48. The van der Waals surface area contributed by atoms with E-state index in [1.165, 1.54) is 0 Å². The number of hydrogen-bond donors (Lipinski definition) is 0. The summed E-state index contributed by atoms with van der Waals surface area (Å²) in [7, 11) is 4.01. The van der Waals surface area contributed by atoms with Crippen molar-refractivity contribution in [3.05, 3.63) is 36.4 Å². The minimum absolute atomic E-state index is 0.584. The first-order valence-electron chi connectivity index (χ1n) is 3.73. The van der Waals surface area contributed by atoms with Gasteiger partial charge in [-0.25, -0.2) is 0 Å². The van der Waals surface area contributed by atoms with Crippen LogP contribution in [0.5, 0.6) is 0 Å². The lowest BCUT2D eigenvalue weighted by atomic mass is 10.2. The molecule has 0 aliphatic rings. The number of nitrogens with zero attached hydrogens (tertiary/aromatic N) is 1. The van der Waals surface area contributed by atoms with Crippen molar-refractivity contribution in [3.8, 4) is 0 Å². The van der Waals surface area contributed by atoms with Crippen LogP contribution in [0.3, 0.4) is 0 Å². The van der Waals surface area contributed by atoms with Crippen LogP contribution in [-0.4, -0.2) is 14.1 Å². The van der Waals surface area contributed by atoms with Gasteiger partial charge < -0.3 is 4.90 Å². The molecule has 0 aromatic heterocycles. The fourth-order valence-corrected chi connectivity index (χ4v) is 1.07. The Morgan fingerprint density at radius 2 is 1.75 bits per heavy atom. The van der Waals surface area contributed by atoms with Crippen molar-refractivity contribution in [2.24, 2.45) is 0 Å². The Bertz CT molecular complexity index is 274. The molecule has 12 heavy (non-hydrogen) atoms. The summed E-state index contributed by atoms with van der Waals surface area (Å²) in [5, 5.41) is 0.584. The number of rotatable bonds is 2. The van der Waals surface area contributed by atoms with Crippen molar-refractivity contribution in [1.29, 1.82) is 0 Å². The zero-order valence-electron chi connectivity index (χ0n) is 7.34. The van der Waals surface area contributed by atoms with E-state index >= 15 is 0 Å². The highest BCUT2D eigenvalue weighted by Gasteiger charge is 1.96. The second kappa shape index (κ2) is 3.63. The molecule has 0 radical (unpaired) electrons. The highest BCUT2D eigenvalue weighted by atomic mass is 35.5. The molecule has 2 heteroatoms. The number of anilines is 1. The third-order valence-electron chi connectivity index (χ3n) is 1.70. The van der Waals surface area contributed by atoms with E-state index in [0.717, 1.165) is 11.3 Å². The van der Waals surface area contributed by atoms with Crippen molar-refractivity contribution in [2.45, 2.75) is 0 Å². The van der Waals surface area contributed by atoms with Crippen molar-refractivity contribution in [2.75, 3.05) is 19.0 Å². The molecule has 1 aromatic rings. The van der Waals surface area contributed by atoms with E-state index in [1.54, 1.807) is 0 Å². The first kappa shape index (κ1) is 9.14. The van der Waals surface area contributed by atoms with Crippen LogP contribution in [-0.2, 0) is 0 Å². The standard InChI is InChI=1S/C10H12ClN/c1-8(11)9-4-6-10(7-5-9)12(2)3/h4-7H,1H2,2-3H3. The predicted molar refractivity (Wildman–Crippen MR) is 55.7 cm³/mol. The maximum absolute atomic E-state index is 5.73. The second-order valence-corrected chi connectivity index (χ2v) is 3.30. The average molecular weight is 182 g/mol. The van der Waals surface area contributed by atoms with Gasteiger partial charge in [-0.1, -0.05) is 30.3 Å². The summed E-state index contributed by atoms with van der Waals surface area (Å²) < 4.78 is 0. The van der Waals surface area contributed by atoms with Gasteiger partial charge in [-0.2, -0.15) is 0 Å². The zero-order valence-corrected chi connectivity index (χ0v) is 8.10. The van der Waals surface area contributed by atoms with E-state index in [4.69, 9.17) is 11.6 Å². The average Bonchev–Trinajstić information content (AvgIpc) is 2.04. The fraction of sp³-hybridized carbons (Fsp3) is 0.200. The minimum Gasteiger partial charge on any atom is -0.378 e. The van der Waals surface area contributed by atoms with E-state index in [2.05, 4.69) is 6.58 Å². The molecule has 0 fully saturated rings. The van der Waals surface area contributed by atoms with E-state index < -0.39 is 0 Å². The van der Waals surface area contributed by atoms with E-state index in [9.17, 15) is 0 Å². The summed E-state index contributed by atoms with van der Waals surface area (Å²) in [6.07, 6.45) is 0. The van der Waals surface area contributed by atoms with E-state index in [-0.39, 0.29) is 0 Å². The Hall–Kier alpha value is -0.950. The lowest BCUT2D eigenvalue weighted by Crippen LogP contribution is -2.07. The molecular weight excluding hydrogens is 170 g/mol. The second-order valence-electron chi connectivity index (χ2n) is 2.85. The highest BCUT2D eigenvalue weighted by Crippen LogP contribution is 2.19. The molecule has 0 saturated heterocycles. The first-order chi connectivity index (χ1) is 5.61. The predicted octanol–water partition coefficient (Wildman–Crippen LogP) is 2.96. The topological polar surface area (TPSA) is 3.24 Å². The molecule has 1 nitrogen and oxygen atoms in total. The van der Waals surface area contributed by atoms with Crippen molar-refractivity contribution in [1.82, 2.24) is 0 Å². The van der Waals surface area contributed by atoms with Gasteiger partial charge in [0.1, 0.15) is 0 Å². The third kappa shape index (κ3) is 2.02. The summed E-state index contributed by atoms with van der Waals surface area (Å²) in [6.45, 7) is 3.65. The molecule has 0 aliphatic carbocycles. The molecule has 0 unspecified atom stereocenters. The van der Waals surface area contributed by atoms with Gasteiger partial charge in [0, 0.05) is 24.8 Å². The molecule has 0 aliphatic heterocycles. The van der Waals surface area contributed by atoms with Crippen LogP contribution >= 0.6 is 11.6 Å². The van der Waals surface area contributed by atoms with Crippen LogP contribution in [0.1, 0.15) is 5.56 Å². The molecule has 0 atom stereocenters. The molecule has 1 aromatic carbocycles. The van der Waals surface area contributed by atoms with Gasteiger partial charge in [-0.3, -0.25) is 0 Å². The molecule has 1 rings (SSSR count). The van der Waals surface area contributed by atoms with Gasteiger partial charge in [0.2, 0.25) is 0 Å². The first-order valence-corrected chi connectivity index (χ1v) is 4.11. The molecule has 0 amide bonds. The van der Waals surface area contributed by atoms with Crippen LogP contribution in [0.25, 0.3) is 5.03 Å². The molecule has 0 saturated carbocycles. The van der Waals surface area contributed by atoms with Gasteiger partial charge in [0.15, 0.2) is 0 Å². The van der Waals surface area contributed by atoms with Crippen LogP contribution in [0.15, 0.2) is 30.8 Å². The fourth-order valence-electron chi connectivity index (χ4n) is 0.940. The smallest absolute Gasteiger partial charge is 0.0406 e. The Kier molecular flexibility index (Phi) is 2.77. The molecule has 0 heterocycles. The van der Waals surface area contributed by atoms with Crippen molar-refractivity contribution in [3.63, 3.8) is 0 Å². The van der Waals surface area contributed by atoms with Crippen molar-refractivity contribution >= 4 is 22.3 Å². The zero-order chi connectivity index (χ0) is 9.14. The summed E-state index contributed by atoms with van der Waals surface area (Å²) in [6, 6.07) is 7.96. The van der Waals surface area contributed by atoms with Gasteiger partial charge in [0.05, 0.1) is 0 Å². The number of halogens is 1. The Balaban J connectivity index is 2.93. The quantitative estimate of drug-likeness (QED) is 0.678. The Labute approximate surface area is 78.3 Å². The Morgan fingerprint density at radius 3 is 2.08 bits per heavy atom. The maximum Gasteiger partial charge on any atom is 0.0406 e.